The van der Waals surface area contributed by atoms with E-state index in [0.717, 1.165) is 20.9 Å². The number of aliphatic hydroxyl groups excluding tert-OH is 1. The van der Waals surface area contributed by atoms with Gasteiger partial charge in [-0.05, 0) is 34.5 Å². The molecule has 1 heterocycles. The van der Waals surface area contributed by atoms with E-state index in [1.807, 2.05) is 25.1 Å². The van der Waals surface area contributed by atoms with E-state index in [-0.39, 0.29) is 6.42 Å². The van der Waals surface area contributed by atoms with Crippen LogP contribution >= 0.6 is 15.9 Å². The van der Waals surface area contributed by atoms with Gasteiger partial charge in [0.05, 0.1) is 11.2 Å². The van der Waals surface area contributed by atoms with Gasteiger partial charge >= 0.3 is 0 Å². The molecule has 17 heavy (non-hydrogen) atoms. The molecule has 0 bridgehead atoms. The maximum atomic E-state index is 10.4. The second-order valence-electron chi connectivity index (χ2n) is 3.92. The molecule has 2 rings (SSSR count). The van der Waals surface area contributed by atoms with Crippen LogP contribution in [0.2, 0.25) is 0 Å². The molecule has 4 heteroatoms. The Morgan fingerprint density at radius 2 is 2.12 bits per heavy atom. The van der Waals surface area contributed by atoms with Gasteiger partial charge in [-0.2, -0.15) is 0 Å². The molecule has 3 nitrogen and oxygen atoms in total. The van der Waals surface area contributed by atoms with Gasteiger partial charge in [0.25, 0.3) is 0 Å². The average Bonchev–Trinajstić information content (AvgIpc) is 2.34. The van der Waals surface area contributed by atoms with Crippen molar-refractivity contribution in [3.63, 3.8) is 0 Å². The van der Waals surface area contributed by atoms with Crippen LogP contribution in [0.3, 0.4) is 0 Å². The molecule has 0 saturated carbocycles. The first-order chi connectivity index (χ1) is 8.13. The number of benzene rings is 1. The molecule has 1 unspecified atom stereocenters. The molecule has 0 aliphatic heterocycles. The molecule has 0 saturated heterocycles. The maximum Gasteiger partial charge on any atom is 0.122 e. The molecule has 1 aromatic heterocycles. The molecule has 0 spiro atoms. The van der Waals surface area contributed by atoms with Gasteiger partial charge in [0, 0.05) is 16.3 Å². The number of aliphatic hydroxyl groups is 1. The van der Waals surface area contributed by atoms with Crippen molar-refractivity contribution in [1.82, 2.24) is 4.98 Å². The van der Waals surface area contributed by atoms with Crippen LogP contribution in [-0.4, -0.2) is 16.4 Å². The minimum absolute atomic E-state index is 0.0714. The van der Waals surface area contributed by atoms with Crippen LogP contribution in [0, 0.1) is 6.92 Å². The highest BCUT2D eigenvalue weighted by atomic mass is 79.9. The predicted octanol–water partition coefficient (Wildman–Crippen LogP) is 2.93. The first-order valence-corrected chi connectivity index (χ1v) is 6.10. The third kappa shape index (κ3) is 2.37. The van der Waals surface area contributed by atoms with Crippen LogP contribution < -0.4 is 0 Å². The molecule has 2 aromatic rings. The second-order valence-corrected chi connectivity index (χ2v) is 4.72. The van der Waals surface area contributed by atoms with Gasteiger partial charge in [-0.3, -0.25) is 0 Å². The van der Waals surface area contributed by atoms with E-state index < -0.39 is 6.10 Å². The van der Waals surface area contributed by atoms with E-state index >= 15 is 0 Å². The normalized spacial score (nSPS) is 12.6. The van der Waals surface area contributed by atoms with Crippen molar-refractivity contribution < 1.29 is 9.90 Å². The van der Waals surface area contributed by atoms with Crippen LogP contribution in [0.15, 0.2) is 28.7 Å². The second kappa shape index (κ2) is 4.94. The van der Waals surface area contributed by atoms with Gasteiger partial charge in [-0.25, -0.2) is 4.98 Å². The van der Waals surface area contributed by atoms with Crippen LogP contribution in [0.25, 0.3) is 10.9 Å². The Labute approximate surface area is 108 Å². The summed E-state index contributed by atoms with van der Waals surface area (Å²) in [6.07, 6.45) is -0.0617. The molecular weight excluding hydrogens is 282 g/mol. The number of aromatic nitrogens is 1. The number of aryl methyl sites for hydroxylation is 1. The summed E-state index contributed by atoms with van der Waals surface area (Å²) in [7, 11) is 0. The van der Waals surface area contributed by atoms with Crippen molar-refractivity contribution in [2.75, 3.05) is 0 Å². The number of rotatable bonds is 3. The van der Waals surface area contributed by atoms with Crippen molar-refractivity contribution in [3.05, 3.63) is 40.0 Å². The smallest absolute Gasteiger partial charge is 0.122 e. The third-order valence-electron chi connectivity index (χ3n) is 2.68. The maximum absolute atomic E-state index is 10.4. The highest BCUT2D eigenvalue weighted by Gasteiger charge is 2.11. The Morgan fingerprint density at radius 1 is 1.41 bits per heavy atom. The van der Waals surface area contributed by atoms with Crippen LogP contribution in [0.5, 0.6) is 0 Å². The van der Waals surface area contributed by atoms with E-state index in [9.17, 15) is 9.90 Å². The summed E-state index contributed by atoms with van der Waals surface area (Å²) in [5.74, 6) is 0. The monoisotopic (exact) mass is 293 g/mol. The van der Waals surface area contributed by atoms with Crippen molar-refractivity contribution in [1.29, 1.82) is 0 Å². The summed E-state index contributed by atoms with van der Waals surface area (Å²) < 4.78 is 0.926. The van der Waals surface area contributed by atoms with Crippen LogP contribution in [0.4, 0.5) is 0 Å². The van der Waals surface area contributed by atoms with Crippen LogP contribution in [0.1, 0.15) is 23.8 Å². The first kappa shape index (κ1) is 12.2. The number of carbonyl (C=O) groups excluding carboxylic acids is 1. The number of aldehydes is 1. The lowest BCUT2D eigenvalue weighted by molar-refractivity contribution is -0.109. The van der Waals surface area contributed by atoms with E-state index in [1.54, 1.807) is 6.07 Å². The minimum Gasteiger partial charge on any atom is -0.386 e. The predicted molar refractivity (Wildman–Crippen MR) is 69.8 cm³/mol. The number of fused-ring (bicyclic) bond motifs is 1. The SMILES string of the molecule is Cc1ccc2ccc(C(O)CC=O)nc2c1Br. The fourth-order valence-corrected chi connectivity index (χ4v) is 2.12. The number of pyridine rings is 1. The third-order valence-corrected chi connectivity index (χ3v) is 3.68. The molecule has 1 atom stereocenters. The van der Waals surface area contributed by atoms with Gasteiger partial charge < -0.3 is 9.90 Å². The quantitative estimate of drug-likeness (QED) is 0.885. The summed E-state index contributed by atoms with van der Waals surface area (Å²) >= 11 is 3.49. The van der Waals surface area contributed by atoms with E-state index in [4.69, 9.17) is 0 Å². The summed E-state index contributed by atoms with van der Waals surface area (Å²) in [4.78, 5) is 14.8. The van der Waals surface area contributed by atoms with Gasteiger partial charge in [0.1, 0.15) is 12.4 Å². The lowest BCUT2D eigenvalue weighted by Gasteiger charge is -2.09. The number of nitrogens with zero attached hydrogens (tertiary/aromatic N) is 1. The van der Waals surface area contributed by atoms with Crippen molar-refractivity contribution in [3.8, 4) is 0 Å². The molecule has 0 aliphatic carbocycles. The molecule has 0 aliphatic rings. The zero-order valence-corrected chi connectivity index (χ0v) is 10.9. The van der Waals surface area contributed by atoms with Crippen LogP contribution in [-0.2, 0) is 4.79 Å². The number of hydrogen-bond acceptors (Lipinski definition) is 3. The fraction of sp³-hybridized carbons (Fsp3) is 0.231. The van der Waals surface area contributed by atoms with Crippen molar-refractivity contribution in [2.24, 2.45) is 0 Å². The van der Waals surface area contributed by atoms with Gasteiger partial charge in [-0.15, -0.1) is 0 Å². The number of carbonyl (C=O) groups is 1. The summed E-state index contributed by atoms with van der Waals surface area (Å²) in [6.45, 7) is 1.99. The average molecular weight is 294 g/mol. The van der Waals surface area contributed by atoms with Gasteiger partial charge in [0.15, 0.2) is 0 Å². The van der Waals surface area contributed by atoms with Crippen molar-refractivity contribution >= 4 is 33.1 Å². The topological polar surface area (TPSA) is 50.2 Å². The number of hydrogen-bond donors (Lipinski definition) is 1. The summed E-state index contributed by atoms with van der Waals surface area (Å²) in [5, 5.41) is 10.7. The molecule has 0 amide bonds. The molecule has 1 aromatic carbocycles. The van der Waals surface area contributed by atoms with E-state index in [1.165, 1.54) is 0 Å². The Bertz CT molecular complexity index is 569. The molecular formula is C13H12BrNO2. The molecule has 0 fully saturated rings. The summed E-state index contributed by atoms with van der Waals surface area (Å²) in [6, 6.07) is 7.64. The molecule has 0 radical (unpaired) electrons. The van der Waals surface area contributed by atoms with E-state index in [0.29, 0.717) is 12.0 Å². The highest BCUT2D eigenvalue weighted by Crippen LogP contribution is 2.27. The Morgan fingerprint density at radius 3 is 2.82 bits per heavy atom. The van der Waals surface area contributed by atoms with Crippen molar-refractivity contribution in [2.45, 2.75) is 19.4 Å². The zero-order valence-electron chi connectivity index (χ0n) is 9.35. The lowest BCUT2D eigenvalue weighted by Crippen LogP contribution is -2.01. The largest absolute Gasteiger partial charge is 0.386 e. The van der Waals surface area contributed by atoms with Gasteiger partial charge in [0.2, 0.25) is 0 Å². The summed E-state index contributed by atoms with van der Waals surface area (Å²) in [5.41, 5.74) is 2.43. The Kier molecular flexibility index (Phi) is 3.54. The highest BCUT2D eigenvalue weighted by molar-refractivity contribution is 9.10. The van der Waals surface area contributed by atoms with E-state index in [2.05, 4.69) is 20.9 Å². The molecule has 88 valence electrons. The van der Waals surface area contributed by atoms with Gasteiger partial charge in [-0.1, -0.05) is 18.2 Å². The molecule has 1 N–H and O–H groups in total. The standard InChI is InChI=1S/C13H12BrNO2/c1-8-2-3-9-4-5-10(11(17)6-7-16)15-13(9)12(8)14/h2-5,7,11,17H,6H2,1H3. The first-order valence-electron chi connectivity index (χ1n) is 5.31. The lowest BCUT2D eigenvalue weighted by atomic mass is 10.1. The fourth-order valence-electron chi connectivity index (χ4n) is 1.67. The minimum atomic E-state index is -0.829. The Balaban J connectivity index is 2.55. The Hall–Kier alpha value is -1.26. The number of halogens is 1. The zero-order chi connectivity index (χ0) is 12.4.